The molecule has 16 heavy (non-hydrogen) atoms. The molecule has 0 aliphatic carbocycles. The van der Waals surface area contributed by atoms with Crippen molar-refractivity contribution in [2.45, 2.75) is 26.8 Å². The summed E-state index contributed by atoms with van der Waals surface area (Å²) in [5, 5.41) is 3.12. The lowest BCUT2D eigenvalue weighted by Crippen LogP contribution is -2.26. The summed E-state index contributed by atoms with van der Waals surface area (Å²) in [5.41, 5.74) is 0.918. The molecule has 1 rings (SSSR count). The normalized spacial score (nSPS) is 10.5. The molecule has 5 heteroatoms. The van der Waals surface area contributed by atoms with E-state index in [1.807, 2.05) is 13.8 Å². The molecule has 0 spiro atoms. The van der Waals surface area contributed by atoms with Crippen molar-refractivity contribution in [1.29, 1.82) is 0 Å². The van der Waals surface area contributed by atoms with Crippen LogP contribution in [0.3, 0.4) is 0 Å². The average molecular weight is 225 g/mol. The molecule has 0 radical (unpaired) electrons. The Balaban J connectivity index is 2.23. The number of nitrogens with zero attached hydrogens (tertiary/aromatic N) is 2. The van der Waals surface area contributed by atoms with Crippen molar-refractivity contribution in [2.75, 3.05) is 20.6 Å². The van der Waals surface area contributed by atoms with Crippen LogP contribution in [0.1, 0.15) is 23.8 Å². The van der Waals surface area contributed by atoms with Crippen molar-refractivity contribution in [1.82, 2.24) is 15.2 Å². The number of hydrogen-bond acceptors (Lipinski definition) is 4. The fourth-order valence-corrected chi connectivity index (χ4v) is 1.23. The van der Waals surface area contributed by atoms with Crippen molar-refractivity contribution in [3.05, 3.63) is 17.3 Å². The largest absolute Gasteiger partial charge is 0.444 e. The Hall–Kier alpha value is -1.36. The van der Waals surface area contributed by atoms with Gasteiger partial charge in [0.2, 0.25) is 11.8 Å². The second-order valence-corrected chi connectivity index (χ2v) is 3.96. The molecule has 0 unspecified atom stereocenters. The monoisotopic (exact) mass is 225 g/mol. The molecular weight excluding hydrogens is 206 g/mol. The zero-order chi connectivity index (χ0) is 12.1. The predicted molar refractivity (Wildman–Crippen MR) is 61.0 cm³/mol. The van der Waals surface area contributed by atoms with E-state index in [0.717, 1.165) is 11.5 Å². The van der Waals surface area contributed by atoms with Gasteiger partial charge in [0.1, 0.15) is 5.76 Å². The Morgan fingerprint density at radius 2 is 2.12 bits per heavy atom. The van der Waals surface area contributed by atoms with Crippen LogP contribution in [0.4, 0.5) is 0 Å². The van der Waals surface area contributed by atoms with Gasteiger partial charge in [0, 0.05) is 27.1 Å². The van der Waals surface area contributed by atoms with Gasteiger partial charge in [-0.05, 0) is 13.8 Å². The van der Waals surface area contributed by atoms with E-state index in [1.165, 1.54) is 0 Å². The topological polar surface area (TPSA) is 58.4 Å². The number of rotatable bonds is 5. The maximum Gasteiger partial charge on any atom is 0.223 e. The molecule has 0 aliphatic heterocycles. The summed E-state index contributed by atoms with van der Waals surface area (Å²) in [5.74, 6) is 1.64. The first-order valence-electron chi connectivity index (χ1n) is 5.34. The summed E-state index contributed by atoms with van der Waals surface area (Å²) in [6.45, 7) is 5.01. The molecule has 0 fully saturated rings. The highest BCUT2D eigenvalue weighted by Crippen LogP contribution is 2.07. The standard InChI is InChI=1S/C11H19N3O2/c1-8-9(2)16-10(13-8)7-12-6-5-11(15)14(3)4/h12H,5-7H2,1-4H3. The van der Waals surface area contributed by atoms with E-state index in [1.54, 1.807) is 19.0 Å². The molecule has 1 N–H and O–H groups in total. The third kappa shape index (κ3) is 3.66. The highest BCUT2D eigenvalue weighted by atomic mass is 16.4. The van der Waals surface area contributed by atoms with E-state index in [-0.39, 0.29) is 5.91 Å². The van der Waals surface area contributed by atoms with Crippen LogP contribution in [0.25, 0.3) is 0 Å². The minimum atomic E-state index is 0.118. The van der Waals surface area contributed by atoms with Crippen molar-refractivity contribution >= 4 is 5.91 Å². The van der Waals surface area contributed by atoms with Gasteiger partial charge in [0.25, 0.3) is 0 Å². The van der Waals surface area contributed by atoms with Crippen LogP contribution in [-0.2, 0) is 11.3 Å². The Bertz CT molecular complexity index is 339. The molecule has 0 saturated heterocycles. The lowest BCUT2D eigenvalue weighted by Gasteiger charge is -2.09. The number of aryl methyl sites for hydroxylation is 2. The van der Waals surface area contributed by atoms with Crippen LogP contribution in [0.15, 0.2) is 4.42 Å². The van der Waals surface area contributed by atoms with Crippen LogP contribution < -0.4 is 5.32 Å². The van der Waals surface area contributed by atoms with E-state index < -0.39 is 0 Å². The summed E-state index contributed by atoms with van der Waals surface area (Å²) >= 11 is 0. The van der Waals surface area contributed by atoms with E-state index >= 15 is 0 Å². The van der Waals surface area contributed by atoms with Crippen LogP contribution >= 0.6 is 0 Å². The van der Waals surface area contributed by atoms with Gasteiger partial charge >= 0.3 is 0 Å². The zero-order valence-electron chi connectivity index (χ0n) is 10.3. The number of carbonyl (C=O) groups is 1. The number of hydrogen-bond donors (Lipinski definition) is 1. The van der Waals surface area contributed by atoms with Gasteiger partial charge in [-0.1, -0.05) is 0 Å². The first-order valence-corrected chi connectivity index (χ1v) is 5.34. The fraction of sp³-hybridized carbons (Fsp3) is 0.636. The van der Waals surface area contributed by atoms with Crippen molar-refractivity contribution < 1.29 is 9.21 Å². The third-order valence-electron chi connectivity index (χ3n) is 2.36. The number of aromatic nitrogens is 1. The summed E-state index contributed by atoms with van der Waals surface area (Å²) in [7, 11) is 3.51. The Morgan fingerprint density at radius 3 is 2.62 bits per heavy atom. The lowest BCUT2D eigenvalue weighted by molar-refractivity contribution is -0.128. The molecule has 1 heterocycles. The highest BCUT2D eigenvalue weighted by molar-refractivity contribution is 5.75. The number of nitrogens with one attached hydrogen (secondary N) is 1. The molecule has 1 amide bonds. The molecular formula is C11H19N3O2. The molecule has 90 valence electrons. The number of carbonyl (C=O) groups excluding carboxylic acids is 1. The van der Waals surface area contributed by atoms with Gasteiger partial charge in [-0.25, -0.2) is 4.98 Å². The first-order chi connectivity index (χ1) is 7.50. The predicted octanol–water partition coefficient (Wildman–Crippen LogP) is 0.859. The van der Waals surface area contributed by atoms with Crippen molar-refractivity contribution in [3.63, 3.8) is 0 Å². The molecule has 0 aromatic carbocycles. The summed E-state index contributed by atoms with van der Waals surface area (Å²) in [4.78, 5) is 17.1. The number of amides is 1. The van der Waals surface area contributed by atoms with Gasteiger partial charge in [-0.3, -0.25) is 4.79 Å². The van der Waals surface area contributed by atoms with Crippen LogP contribution in [-0.4, -0.2) is 36.4 Å². The summed E-state index contributed by atoms with van der Waals surface area (Å²) in [6.07, 6.45) is 0.492. The quantitative estimate of drug-likeness (QED) is 0.755. The molecule has 0 bridgehead atoms. The van der Waals surface area contributed by atoms with Gasteiger partial charge in [-0.15, -0.1) is 0 Å². The average Bonchev–Trinajstić information content (AvgIpc) is 2.53. The van der Waals surface area contributed by atoms with E-state index in [9.17, 15) is 4.79 Å². The van der Waals surface area contributed by atoms with Gasteiger partial charge in [0.15, 0.2) is 0 Å². The third-order valence-corrected chi connectivity index (χ3v) is 2.36. The van der Waals surface area contributed by atoms with Gasteiger partial charge in [-0.2, -0.15) is 0 Å². The highest BCUT2D eigenvalue weighted by Gasteiger charge is 2.06. The Labute approximate surface area is 95.8 Å². The molecule has 0 saturated carbocycles. The second kappa shape index (κ2) is 5.65. The minimum Gasteiger partial charge on any atom is -0.444 e. The van der Waals surface area contributed by atoms with Gasteiger partial charge in [0.05, 0.1) is 12.2 Å². The fourth-order valence-electron chi connectivity index (χ4n) is 1.23. The lowest BCUT2D eigenvalue weighted by atomic mass is 10.4. The maximum atomic E-state index is 11.3. The van der Waals surface area contributed by atoms with Gasteiger partial charge < -0.3 is 14.6 Å². The first kappa shape index (κ1) is 12.7. The Morgan fingerprint density at radius 1 is 1.44 bits per heavy atom. The zero-order valence-corrected chi connectivity index (χ0v) is 10.3. The van der Waals surface area contributed by atoms with Crippen LogP contribution in [0.2, 0.25) is 0 Å². The molecule has 0 atom stereocenters. The smallest absolute Gasteiger partial charge is 0.223 e. The SMILES string of the molecule is Cc1nc(CNCCC(=O)N(C)C)oc1C. The van der Waals surface area contributed by atoms with Crippen molar-refractivity contribution in [2.24, 2.45) is 0 Å². The molecule has 1 aromatic rings. The summed E-state index contributed by atoms with van der Waals surface area (Å²) < 4.78 is 5.40. The minimum absolute atomic E-state index is 0.118. The van der Waals surface area contributed by atoms with E-state index in [0.29, 0.717) is 25.4 Å². The molecule has 1 aromatic heterocycles. The summed E-state index contributed by atoms with van der Waals surface area (Å²) in [6, 6.07) is 0. The van der Waals surface area contributed by atoms with Crippen molar-refractivity contribution in [3.8, 4) is 0 Å². The van der Waals surface area contributed by atoms with E-state index in [2.05, 4.69) is 10.3 Å². The van der Waals surface area contributed by atoms with Crippen LogP contribution in [0.5, 0.6) is 0 Å². The second-order valence-electron chi connectivity index (χ2n) is 3.96. The molecule has 5 nitrogen and oxygen atoms in total. The Kier molecular flexibility index (Phi) is 4.49. The molecule has 0 aliphatic rings. The maximum absolute atomic E-state index is 11.3. The van der Waals surface area contributed by atoms with Crippen LogP contribution in [0, 0.1) is 13.8 Å². The number of oxazole rings is 1. The van der Waals surface area contributed by atoms with E-state index in [4.69, 9.17) is 4.42 Å².